The van der Waals surface area contributed by atoms with Crippen LogP contribution in [0.1, 0.15) is 4.88 Å². The minimum Gasteiger partial charge on any atom is -0.367 e. The summed E-state index contributed by atoms with van der Waals surface area (Å²) in [4.78, 5) is 7.74. The van der Waals surface area contributed by atoms with Crippen LogP contribution in [0.25, 0.3) is 10.9 Å². The lowest BCUT2D eigenvalue weighted by Gasteiger charge is -2.35. The number of sulfonamides is 1. The predicted octanol–water partition coefficient (Wildman–Crippen LogP) is 3.12. The van der Waals surface area contributed by atoms with Crippen LogP contribution in [0.2, 0.25) is 0 Å². The van der Waals surface area contributed by atoms with Gasteiger partial charge in [0.1, 0.15) is 4.21 Å². The second kappa shape index (κ2) is 6.40. The van der Waals surface area contributed by atoms with Gasteiger partial charge in [0.05, 0.1) is 11.2 Å². The van der Waals surface area contributed by atoms with Gasteiger partial charge in [0, 0.05) is 42.6 Å². The molecule has 1 fully saturated rings. The van der Waals surface area contributed by atoms with Crippen LogP contribution in [-0.4, -0.2) is 43.9 Å². The van der Waals surface area contributed by atoms with E-state index in [0.29, 0.717) is 30.4 Å². The summed E-state index contributed by atoms with van der Waals surface area (Å²) in [6.07, 6.45) is 1.80. The molecule has 5 nitrogen and oxygen atoms in total. The molecule has 0 amide bonds. The van der Waals surface area contributed by atoms with Crippen LogP contribution >= 0.6 is 11.3 Å². The monoisotopic (exact) mass is 373 g/mol. The highest BCUT2D eigenvalue weighted by Crippen LogP contribution is 2.28. The maximum atomic E-state index is 12.8. The number of para-hydroxylation sites is 1. The number of thiophene rings is 1. The van der Waals surface area contributed by atoms with Gasteiger partial charge in [-0.05, 0) is 31.2 Å². The maximum Gasteiger partial charge on any atom is 0.252 e. The van der Waals surface area contributed by atoms with E-state index >= 15 is 0 Å². The highest BCUT2D eigenvalue weighted by Gasteiger charge is 2.30. The number of aryl methyl sites for hydroxylation is 1. The number of benzene rings is 1. The fourth-order valence-corrected chi connectivity index (χ4v) is 6.05. The maximum absolute atomic E-state index is 12.8. The van der Waals surface area contributed by atoms with Crippen LogP contribution < -0.4 is 4.90 Å². The molecular weight excluding hydrogens is 354 g/mol. The number of nitrogens with zero attached hydrogens (tertiary/aromatic N) is 3. The SMILES string of the molecule is Cc1ccc(S(=O)(=O)N2CCN(c3cccc4cccnc34)CC2)s1. The number of anilines is 1. The van der Waals surface area contributed by atoms with Crippen molar-refractivity contribution in [2.24, 2.45) is 0 Å². The van der Waals surface area contributed by atoms with Crippen molar-refractivity contribution in [2.75, 3.05) is 31.1 Å². The lowest BCUT2D eigenvalue weighted by molar-refractivity contribution is 0.386. The third-order valence-corrected chi connectivity index (χ3v) is 7.87. The molecule has 1 aromatic carbocycles. The van der Waals surface area contributed by atoms with E-state index in [4.69, 9.17) is 0 Å². The van der Waals surface area contributed by atoms with Crippen LogP contribution in [0.4, 0.5) is 5.69 Å². The summed E-state index contributed by atoms with van der Waals surface area (Å²) in [5, 5.41) is 1.10. The first-order valence-electron chi connectivity index (χ1n) is 8.21. The van der Waals surface area contributed by atoms with Crippen molar-refractivity contribution < 1.29 is 8.42 Å². The summed E-state index contributed by atoms with van der Waals surface area (Å²) < 4.78 is 27.5. The van der Waals surface area contributed by atoms with Gasteiger partial charge >= 0.3 is 0 Å². The van der Waals surface area contributed by atoms with Crippen molar-refractivity contribution in [1.82, 2.24) is 9.29 Å². The molecule has 130 valence electrons. The molecule has 0 N–H and O–H groups in total. The Labute approximate surface area is 151 Å². The molecule has 4 rings (SSSR count). The standard InChI is InChI=1S/C18H19N3O2S2/c1-14-7-8-17(24-14)25(22,23)21-12-10-20(11-13-21)16-6-2-4-15-5-3-9-19-18(15)16/h2-9H,10-13H2,1H3. The van der Waals surface area contributed by atoms with Crippen molar-refractivity contribution in [3.05, 3.63) is 53.5 Å². The number of pyridine rings is 1. The summed E-state index contributed by atoms with van der Waals surface area (Å²) in [6, 6.07) is 13.7. The molecule has 0 radical (unpaired) electrons. The average molecular weight is 374 g/mol. The second-order valence-electron chi connectivity index (χ2n) is 6.11. The predicted molar refractivity (Wildman–Crippen MR) is 102 cm³/mol. The Morgan fingerprint density at radius 1 is 1.00 bits per heavy atom. The van der Waals surface area contributed by atoms with E-state index in [9.17, 15) is 8.42 Å². The first kappa shape index (κ1) is 16.5. The first-order chi connectivity index (χ1) is 12.1. The first-order valence-corrected chi connectivity index (χ1v) is 10.5. The molecule has 7 heteroatoms. The van der Waals surface area contributed by atoms with Gasteiger partial charge in [0.15, 0.2) is 0 Å². The highest BCUT2D eigenvalue weighted by atomic mass is 32.2. The summed E-state index contributed by atoms with van der Waals surface area (Å²) in [6.45, 7) is 4.23. The molecular formula is C18H19N3O2S2. The van der Waals surface area contributed by atoms with Gasteiger partial charge in [-0.3, -0.25) is 4.98 Å². The third-order valence-electron chi connectivity index (χ3n) is 4.50. The topological polar surface area (TPSA) is 53.5 Å². The van der Waals surface area contributed by atoms with Gasteiger partial charge in [0.2, 0.25) is 0 Å². The van der Waals surface area contributed by atoms with E-state index in [0.717, 1.165) is 21.5 Å². The Bertz CT molecular complexity index is 1000. The minimum absolute atomic E-state index is 0.435. The molecule has 0 bridgehead atoms. The van der Waals surface area contributed by atoms with Crippen molar-refractivity contribution in [3.8, 4) is 0 Å². The highest BCUT2D eigenvalue weighted by molar-refractivity contribution is 7.91. The molecule has 3 aromatic rings. The molecule has 2 aromatic heterocycles. The Morgan fingerprint density at radius 2 is 1.76 bits per heavy atom. The number of rotatable bonds is 3. The number of piperazine rings is 1. The molecule has 0 spiro atoms. The van der Waals surface area contributed by atoms with E-state index in [1.165, 1.54) is 11.3 Å². The van der Waals surface area contributed by atoms with Crippen molar-refractivity contribution in [2.45, 2.75) is 11.1 Å². The van der Waals surface area contributed by atoms with E-state index in [1.54, 1.807) is 16.6 Å². The minimum atomic E-state index is -3.38. The fraction of sp³-hybridized carbons (Fsp3) is 0.278. The second-order valence-corrected chi connectivity index (χ2v) is 9.56. The van der Waals surface area contributed by atoms with Crippen molar-refractivity contribution in [3.63, 3.8) is 0 Å². The molecule has 0 atom stereocenters. The van der Waals surface area contributed by atoms with Gasteiger partial charge in [-0.2, -0.15) is 4.31 Å². The van der Waals surface area contributed by atoms with E-state index in [-0.39, 0.29) is 0 Å². The molecule has 25 heavy (non-hydrogen) atoms. The third kappa shape index (κ3) is 3.03. The van der Waals surface area contributed by atoms with Crippen LogP contribution in [0.5, 0.6) is 0 Å². The normalized spacial score (nSPS) is 16.4. The van der Waals surface area contributed by atoms with Crippen LogP contribution in [0, 0.1) is 6.92 Å². The van der Waals surface area contributed by atoms with Gasteiger partial charge in [0.25, 0.3) is 10.0 Å². The molecule has 3 heterocycles. The zero-order valence-electron chi connectivity index (χ0n) is 13.9. The molecule has 0 unspecified atom stereocenters. The summed E-state index contributed by atoms with van der Waals surface area (Å²) in [5.74, 6) is 0. The lowest BCUT2D eigenvalue weighted by Crippen LogP contribution is -2.48. The zero-order valence-corrected chi connectivity index (χ0v) is 15.6. The smallest absolute Gasteiger partial charge is 0.252 e. The zero-order chi connectivity index (χ0) is 17.4. The molecule has 1 saturated heterocycles. The van der Waals surface area contributed by atoms with E-state index < -0.39 is 10.0 Å². The number of hydrogen-bond acceptors (Lipinski definition) is 5. The lowest BCUT2D eigenvalue weighted by atomic mass is 10.1. The molecule has 0 saturated carbocycles. The van der Waals surface area contributed by atoms with Crippen LogP contribution in [0.15, 0.2) is 52.9 Å². The Morgan fingerprint density at radius 3 is 2.48 bits per heavy atom. The number of aromatic nitrogens is 1. The van der Waals surface area contributed by atoms with E-state index in [1.807, 2.05) is 37.3 Å². The van der Waals surface area contributed by atoms with Gasteiger partial charge in [-0.1, -0.05) is 18.2 Å². The molecule has 1 aliphatic heterocycles. The van der Waals surface area contributed by atoms with Crippen LogP contribution in [0.3, 0.4) is 0 Å². The Hall–Kier alpha value is -1.96. The van der Waals surface area contributed by atoms with Gasteiger partial charge in [-0.25, -0.2) is 8.42 Å². The fourth-order valence-electron chi connectivity index (χ4n) is 3.19. The summed E-state index contributed by atoms with van der Waals surface area (Å²) in [5.41, 5.74) is 2.04. The Kier molecular flexibility index (Phi) is 4.23. The van der Waals surface area contributed by atoms with Crippen molar-refractivity contribution >= 4 is 38.0 Å². The quantitative estimate of drug-likeness (QED) is 0.708. The molecule has 0 aliphatic carbocycles. The number of fused-ring (bicyclic) bond motifs is 1. The van der Waals surface area contributed by atoms with Crippen molar-refractivity contribution in [1.29, 1.82) is 0 Å². The van der Waals surface area contributed by atoms with E-state index in [2.05, 4.69) is 16.0 Å². The number of hydrogen-bond donors (Lipinski definition) is 0. The van der Waals surface area contributed by atoms with Crippen LogP contribution in [-0.2, 0) is 10.0 Å². The Balaban J connectivity index is 1.55. The average Bonchev–Trinajstić information content (AvgIpc) is 3.09. The van der Waals surface area contributed by atoms with Gasteiger partial charge in [-0.15, -0.1) is 11.3 Å². The molecule has 1 aliphatic rings. The summed E-state index contributed by atoms with van der Waals surface area (Å²) in [7, 11) is -3.38. The van der Waals surface area contributed by atoms with Gasteiger partial charge < -0.3 is 4.90 Å². The largest absolute Gasteiger partial charge is 0.367 e. The summed E-state index contributed by atoms with van der Waals surface area (Å²) >= 11 is 1.33.